The van der Waals surface area contributed by atoms with Crippen LogP contribution in [0.1, 0.15) is 32.8 Å². The fourth-order valence-electron chi connectivity index (χ4n) is 2.53. The first-order valence-electron chi connectivity index (χ1n) is 7.22. The van der Waals surface area contributed by atoms with Gasteiger partial charge in [0.2, 0.25) is 5.91 Å². The third-order valence-corrected chi connectivity index (χ3v) is 4.05. The Hall–Kier alpha value is -2.04. The van der Waals surface area contributed by atoms with Crippen LogP contribution in [-0.2, 0) is 16.0 Å². The second-order valence-corrected chi connectivity index (χ2v) is 6.10. The lowest BCUT2D eigenvalue weighted by atomic mass is 10.0. The Labute approximate surface area is 125 Å². The van der Waals surface area contributed by atoms with E-state index < -0.39 is 12.0 Å². The van der Waals surface area contributed by atoms with Gasteiger partial charge in [-0.25, -0.2) is 4.79 Å². The minimum absolute atomic E-state index is 0.0669. The summed E-state index contributed by atoms with van der Waals surface area (Å²) in [4.78, 5) is 25.3. The van der Waals surface area contributed by atoms with Gasteiger partial charge < -0.3 is 15.3 Å². The number of hydrogen-bond acceptors (Lipinski definition) is 3. The SMILES string of the molecule is CCC(C)(C)NC(=O)CN1c2ccccc2CC1C(=O)O. The summed E-state index contributed by atoms with van der Waals surface area (Å²) < 4.78 is 0. The first-order chi connectivity index (χ1) is 9.84. The van der Waals surface area contributed by atoms with Crippen LogP contribution in [0, 0.1) is 0 Å². The minimum atomic E-state index is -0.895. The molecule has 2 N–H and O–H groups in total. The van der Waals surface area contributed by atoms with Crippen LogP contribution in [0.2, 0.25) is 0 Å². The molecule has 5 heteroatoms. The molecule has 1 unspecified atom stereocenters. The van der Waals surface area contributed by atoms with Gasteiger partial charge in [0.25, 0.3) is 0 Å². The summed E-state index contributed by atoms with van der Waals surface area (Å²) in [5.74, 6) is -1.04. The van der Waals surface area contributed by atoms with Crippen molar-refractivity contribution >= 4 is 17.6 Å². The summed E-state index contributed by atoms with van der Waals surface area (Å²) in [6.45, 7) is 5.98. The van der Waals surface area contributed by atoms with Crippen LogP contribution in [0.3, 0.4) is 0 Å². The van der Waals surface area contributed by atoms with Crippen molar-refractivity contribution in [1.82, 2.24) is 5.32 Å². The monoisotopic (exact) mass is 290 g/mol. The highest BCUT2D eigenvalue weighted by atomic mass is 16.4. The maximum absolute atomic E-state index is 12.2. The van der Waals surface area contributed by atoms with E-state index >= 15 is 0 Å². The van der Waals surface area contributed by atoms with E-state index in [4.69, 9.17) is 0 Å². The van der Waals surface area contributed by atoms with Crippen LogP contribution in [-0.4, -0.2) is 35.1 Å². The number of carbonyl (C=O) groups excluding carboxylic acids is 1. The molecule has 0 saturated carbocycles. The van der Waals surface area contributed by atoms with Crippen LogP contribution in [0.5, 0.6) is 0 Å². The molecule has 1 amide bonds. The molecule has 1 aromatic rings. The molecule has 0 spiro atoms. The van der Waals surface area contributed by atoms with Gasteiger partial charge in [-0.3, -0.25) is 4.79 Å². The molecule has 0 fully saturated rings. The summed E-state index contributed by atoms with van der Waals surface area (Å²) in [6.07, 6.45) is 1.26. The molecule has 2 rings (SSSR count). The number of fused-ring (bicyclic) bond motifs is 1. The molecule has 1 heterocycles. The maximum Gasteiger partial charge on any atom is 0.326 e. The number of carbonyl (C=O) groups is 2. The summed E-state index contributed by atoms with van der Waals surface area (Å²) in [5, 5.41) is 12.3. The minimum Gasteiger partial charge on any atom is -0.480 e. The van der Waals surface area contributed by atoms with Crippen molar-refractivity contribution in [2.24, 2.45) is 0 Å². The largest absolute Gasteiger partial charge is 0.480 e. The molecular formula is C16H22N2O3. The predicted molar refractivity (Wildman–Crippen MR) is 81.4 cm³/mol. The normalized spacial score (nSPS) is 17.5. The third kappa shape index (κ3) is 3.35. The van der Waals surface area contributed by atoms with Crippen molar-refractivity contribution in [2.75, 3.05) is 11.4 Å². The zero-order chi connectivity index (χ0) is 15.6. The first kappa shape index (κ1) is 15.4. The number of para-hydroxylation sites is 1. The van der Waals surface area contributed by atoms with Gasteiger partial charge in [-0.1, -0.05) is 25.1 Å². The highest BCUT2D eigenvalue weighted by Crippen LogP contribution is 2.31. The Bertz CT molecular complexity index is 554. The van der Waals surface area contributed by atoms with Crippen molar-refractivity contribution in [3.63, 3.8) is 0 Å². The summed E-state index contributed by atoms with van der Waals surface area (Å²) >= 11 is 0. The van der Waals surface area contributed by atoms with Gasteiger partial charge in [0.15, 0.2) is 0 Å². The smallest absolute Gasteiger partial charge is 0.326 e. The number of nitrogens with zero attached hydrogens (tertiary/aromatic N) is 1. The molecule has 1 atom stereocenters. The summed E-state index contributed by atoms with van der Waals surface area (Å²) in [5.41, 5.74) is 1.54. The van der Waals surface area contributed by atoms with E-state index in [0.717, 1.165) is 17.7 Å². The van der Waals surface area contributed by atoms with Gasteiger partial charge in [-0.15, -0.1) is 0 Å². The van der Waals surface area contributed by atoms with E-state index in [1.54, 1.807) is 4.90 Å². The number of rotatable bonds is 5. The molecular weight excluding hydrogens is 268 g/mol. The van der Waals surface area contributed by atoms with E-state index in [0.29, 0.717) is 6.42 Å². The Kier molecular flexibility index (Phi) is 4.21. The molecule has 114 valence electrons. The van der Waals surface area contributed by atoms with Gasteiger partial charge in [-0.05, 0) is 31.9 Å². The topological polar surface area (TPSA) is 69.6 Å². The predicted octanol–water partition coefficient (Wildman–Crippen LogP) is 1.81. The standard InChI is InChI=1S/C16H22N2O3/c1-4-16(2,3)17-14(19)10-18-12-8-6-5-7-11(12)9-13(18)15(20)21/h5-8,13H,4,9-10H2,1-3H3,(H,17,19)(H,20,21). The Morgan fingerprint density at radius 1 is 1.38 bits per heavy atom. The number of amides is 1. The molecule has 1 aromatic carbocycles. The van der Waals surface area contributed by atoms with E-state index in [2.05, 4.69) is 5.32 Å². The fourth-order valence-corrected chi connectivity index (χ4v) is 2.53. The molecule has 1 aliphatic heterocycles. The molecule has 0 aromatic heterocycles. The zero-order valence-corrected chi connectivity index (χ0v) is 12.7. The average Bonchev–Trinajstić information content (AvgIpc) is 2.77. The first-order valence-corrected chi connectivity index (χ1v) is 7.22. The van der Waals surface area contributed by atoms with Gasteiger partial charge in [0.1, 0.15) is 6.04 Å². The summed E-state index contributed by atoms with van der Waals surface area (Å²) in [6, 6.07) is 6.87. The van der Waals surface area contributed by atoms with E-state index in [-0.39, 0.29) is 18.0 Å². The third-order valence-electron chi connectivity index (χ3n) is 4.05. The average molecular weight is 290 g/mol. The van der Waals surface area contributed by atoms with Crippen molar-refractivity contribution in [3.05, 3.63) is 29.8 Å². The fraction of sp³-hybridized carbons (Fsp3) is 0.500. The van der Waals surface area contributed by atoms with Crippen LogP contribution in [0.25, 0.3) is 0 Å². The van der Waals surface area contributed by atoms with Crippen LogP contribution in [0.4, 0.5) is 5.69 Å². The van der Waals surface area contributed by atoms with Crippen LogP contribution in [0.15, 0.2) is 24.3 Å². The second-order valence-electron chi connectivity index (χ2n) is 6.10. The van der Waals surface area contributed by atoms with Gasteiger partial charge in [-0.2, -0.15) is 0 Å². The quantitative estimate of drug-likeness (QED) is 0.867. The van der Waals surface area contributed by atoms with Crippen LogP contribution < -0.4 is 10.2 Å². The van der Waals surface area contributed by atoms with Crippen molar-refractivity contribution in [3.8, 4) is 0 Å². The van der Waals surface area contributed by atoms with Crippen molar-refractivity contribution in [1.29, 1.82) is 0 Å². The molecule has 5 nitrogen and oxygen atoms in total. The molecule has 21 heavy (non-hydrogen) atoms. The zero-order valence-electron chi connectivity index (χ0n) is 12.7. The Morgan fingerprint density at radius 2 is 2.05 bits per heavy atom. The van der Waals surface area contributed by atoms with Gasteiger partial charge in [0, 0.05) is 17.6 Å². The number of benzene rings is 1. The van der Waals surface area contributed by atoms with Gasteiger partial charge >= 0.3 is 5.97 Å². The lowest BCUT2D eigenvalue weighted by molar-refractivity contribution is -0.138. The highest BCUT2D eigenvalue weighted by molar-refractivity contribution is 5.88. The van der Waals surface area contributed by atoms with E-state index in [1.807, 2.05) is 45.0 Å². The highest BCUT2D eigenvalue weighted by Gasteiger charge is 2.35. The van der Waals surface area contributed by atoms with E-state index in [9.17, 15) is 14.7 Å². The number of carboxylic acid groups (broad SMARTS) is 1. The number of anilines is 1. The van der Waals surface area contributed by atoms with E-state index in [1.165, 1.54) is 0 Å². The van der Waals surface area contributed by atoms with Crippen molar-refractivity contribution < 1.29 is 14.7 Å². The van der Waals surface area contributed by atoms with Crippen molar-refractivity contribution in [2.45, 2.75) is 45.2 Å². The molecule has 0 aliphatic carbocycles. The number of aliphatic carboxylic acids is 1. The Balaban J connectivity index is 2.16. The number of hydrogen-bond donors (Lipinski definition) is 2. The second kappa shape index (κ2) is 5.76. The number of nitrogens with one attached hydrogen (secondary N) is 1. The lowest BCUT2D eigenvalue weighted by Gasteiger charge is -2.28. The Morgan fingerprint density at radius 3 is 2.67 bits per heavy atom. The summed E-state index contributed by atoms with van der Waals surface area (Å²) in [7, 11) is 0. The molecule has 0 saturated heterocycles. The lowest BCUT2D eigenvalue weighted by Crippen LogP contribution is -2.50. The molecule has 0 radical (unpaired) electrons. The molecule has 0 bridgehead atoms. The maximum atomic E-state index is 12.2. The number of carboxylic acids is 1. The van der Waals surface area contributed by atoms with Gasteiger partial charge in [0.05, 0.1) is 6.54 Å². The van der Waals surface area contributed by atoms with Crippen LogP contribution >= 0.6 is 0 Å². The molecule has 1 aliphatic rings.